The van der Waals surface area contributed by atoms with Crippen molar-refractivity contribution >= 4 is 17.9 Å². The second-order valence-electron chi connectivity index (χ2n) is 4.23. The molecule has 0 aliphatic carbocycles. The second-order valence-corrected chi connectivity index (χ2v) is 4.64. The molecule has 0 heterocycles. The number of ether oxygens (including phenoxy) is 2. The summed E-state index contributed by atoms with van der Waals surface area (Å²) in [6, 6.07) is 7.66. The van der Waals surface area contributed by atoms with Gasteiger partial charge in [0, 0.05) is 6.07 Å². The zero-order valence-corrected chi connectivity index (χ0v) is 12.0. The first-order chi connectivity index (χ1) is 10.4. The molecule has 0 saturated heterocycles. The lowest BCUT2D eigenvalue weighted by molar-refractivity contribution is -0.137. The minimum absolute atomic E-state index is 0.107. The van der Waals surface area contributed by atoms with Crippen LogP contribution in [0.15, 0.2) is 36.4 Å². The van der Waals surface area contributed by atoms with Crippen LogP contribution in [0.25, 0.3) is 0 Å². The maximum Gasteiger partial charge on any atom is 0.417 e. The molecular formula is C15H10ClF3O3. The van der Waals surface area contributed by atoms with Gasteiger partial charge in [-0.1, -0.05) is 17.7 Å². The van der Waals surface area contributed by atoms with Crippen molar-refractivity contribution in [1.82, 2.24) is 0 Å². The lowest BCUT2D eigenvalue weighted by atomic mass is 10.1. The van der Waals surface area contributed by atoms with Gasteiger partial charge in [0.2, 0.25) is 0 Å². The Bertz CT molecular complexity index is 699. The Morgan fingerprint density at radius 2 is 1.86 bits per heavy atom. The number of hydrogen-bond donors (Lipinski definition) is 0. The summed E-state index contributed by atoms with van der Waals surface area (Å²) < 4.78 is 48.9. The second kappa shape index (κ2) is 6.27. The first-order valence-corrected chi connectivity index (χ1v) is 6.41. The van der Waals surface area contributed by atoms with Crippen molar-refractivity contribution < 1.29 is 27.4 Å². The molecule has 0 amide bonds. The van der Waals surface area contributed by atoms with Crippen LogP contribution in [-0.2, 0) is 6.18 Å². The Balaban J connectivity index is 2.44. The molecule has 0 N–H and O–H groups in total. The number of hydrogen-bond acceptors (Lipinski definition) is 3. The Kier molecular flexibility index (Phi) is 4.61. The number of alkyl halides is 3. The van der Waals surface area contributed by atoms with Crippen LogP contribution < -0.4 is 9.47 Å². The van der Waals surface area contributed by atoms with Crippen LogP contribution in [0.5, 0.6) is 17.2 Å². The molecule has 7 heteroatoms. The van der Waals surface area contributed by atoms with Gasteiger partial charge in [-0.25, -0.2) is 0 Å². The van der Waals surface area contributed by atoms with Gasteiger partial charge in [0.25, 0.3) is 0 Å². The van der Waals surface area contributed by atoms with E-state index < -0.39 is 17.3 Å². The highest BCUT2D eigenvalue weighted by atomic mass is 35.5. The van der Waals surface area contributed by atoms with Gasteiger partial charge in [-0.3, -0.25) is 4.79 Å². The van der Waals surface area contributed by atoms with Gasteiger partial charge in [0.05, 0.1) is 23.3 Å². The molecule has 22 heavy (non-hydrogen) atoms. The Morgan fingerprint density at radius 1 is 1.14 bits per heavy atom. The predicted octanol–water partition coefficient (Wildman–Crippen LogP) is 4.97. The van der Waals surface area contributed by atoms with Crippen LogP contribution >= 0.6 is 11.6 Å². The van der Waals surface area contributed by atoms with Crippen molar-refractivity contribution in [2.24, 2.45) is 0 Å². The van der Waals surface area contributed by atoms with Crippen molar-refractivity contribution in [1.29, 1.82) is 0 Å². The van der Waals surface area contributed by atoms with E-state index in [-0.39, 0.29) is 22.8 Å². The van der Waals surface area contributed by atoms with Gasteiger partial charge in [-0.15, -0.1) is 0 Å². The molecule has 3 nitrogen and oxygen atoms in total. The fourth-order valence-electron chi connectivity index (χ4n) is 1.81. The van der Waals surface area contributed by atoms with E-state index in [1.165, 1.54) is 31.4 Å². The fourth-order valence-corrected chi connectivity index (χ4v) is 2.02. The first-order valence-electron chi connectivity index (χ1n) is 6.03. The van der Waals surface area contributed by atoms with Crippen LogP contribution in [0.1, 0.15) is 15.9 Å². The summed E-state index contributed by atoms with van der Waals surface area (Å²) >= 11 is 5.97. The summed E-state index contributed by atoms with van der Waals surface area (Å²) in [4.78, 5) is 11.0. The third-order valence-corrected chi connectivity index (χ3v) is 3.14. The van der Waals surface area contributed by atoms with Crippen molar-refractivity contribution in [3.05, 3.63) is 52.5 Å². The average molecular weight is 331 g/mol. The highest BCUT2D eigenvalue weighted by Gasteiger charge is 2.34. The molecule has 0 aliphatic heterocycles. The normalized spacial score (nSPS) is 11.1. The molecule has 0 aromatic heterocycles. The van der Waals surface area contributed by atoms with E-state index >= 15 is 0 Å². The number of carbonyl (C=O) groups excluding carboxylic acids is 1. The first kappa shape index (κ1) is 16.2. The zero-order chi connectivity index (χ0) is 16.3. The summed E-state index contributed by atoms with van der Waals surface area (Å²) in [7, 11) is 1.45. The van der Waals surface area contributed by atoms with E-state index in [1.807, 2.05) is 0 Å². The predicted molar refractivity (Wildman–Crippen MR) is 74.9 cm³/mol. The highest BCUT2D eigenvalue weighted by Crippen LogP contribution is 2.38. The van der Waals surface area contributed by atoms with E-state index in [1.54, 1.807) is 0 Å². The molecule has 2 aromatic carbocycles. The molecule has 116 valence electrons. The maximum absolute atomic E-state index is 12.9. The zero-order valence-electron chi connectivity index (χ0n) is 11.3. The molecular weight excluding hydrogens is 321 g/mol. The van der Waals surface area contributed by atoms with Crippen molar-refractivity contribution in [3.8, 4) is 17.2 Å². The molecule has 2 aromatic rings. The smallest absolute Gasteiger partial charge is 0.417 e. The standard InChI is InChI=1S/C15H10ClF3O3/c1-21-9-5-6-14(12(16)7-9)22-13-4-2-3-11(10(13)8-20)15(17,18)19/h2-8H,1H3. The summed E-state index contributed by atoms with van der Waals surface area (Å²) in [5.74, 6) is 0.360. The van der Waals surface area contributed by atoms with E-state index in [0.29, 0.717) is 5.75 Å². The SMILES string of the molecule is COc1ccc(Oc2cccc(C(F)(F)F)c2C=O)c(Cl)c1. The number of rotatable bonds is 4. The molecule has 0 atom stereocenters. The Morgan fingerprint density at radius 3 is 2.41 bits per heavy atom. The Labute approximate surface area is 129 Å². The lowest BCUT2D eigenvalue weighted by Gasteiger charge is -2.14. The molecule has 2 rings (SSSR count). The minimum Gasteiger partial charge on any atom is -0.497 e. The molecule has 0 fully saturated rings. The van der Waals surface area contributed by atoms with E-state index in [9.17, 15) is 18.0 Å². The third kappa shape index (κ3) is 3.33. The quantitative estimate of drug-likeness (QED) is 0.742. The Hall–Kier alpha value is -2.21. The molecule has 0 bridgehead atoms. The van der Waals surface area contributed by atoms with Gasteiger partial charge >= 0.3 is 6.18 Å². The summed E-state index contributed by atoms with van der Waals surface area (Å²) in [5, 5.41) is 0.147. The van der Waals surface area contributed by atoms with Crippen LogP contribution in [-0.4, -0.2) is 13.4 Å². The highest BCUT2D eigenvalue weighted by molar-refractivity contribution is 6.32. The fraction of sp³-hybridized carbons (Fsp3) is 0.133. The third-order valence-electron chi connectivity index (χ3n) is 2.85. The largest absolute Gasteiger partial charge is 0.497 e. The van der Waals surface area contributed by atoms with E-state index in [2.05, 4.69) is 0 Å². The number of carbonyl (C=O) groups is 1. The van der Waals surface area contributed by atoms with Gasteiger partial charge in [-0.05, 0) is 24.3 Å². The molecule has 0 radical (unpaired) electrons. The van der Waals surface area contributed by atoms with Gasteiger partial charge in [0.15, 0.2) is 6.29 Å². The lowest BCUT2D eigenvalue weighted by Crippen LogP contribution is -2.09. The molecule has 0 saturated carbocycles. The monoisotopic (exact) mass is 330 g/mol. The van der Waals surface area contributed by atoms with E-state index in [0.717, 1.165) is 12.1 Å². The number of benzene rings is 2. The van der Waals surface area contributed by atoms with Gasteiger partial charge in [0.1, 0.15) is 17.2 Å². The average Bonchev–Trinajstić information content (AvgIpc) is 2.48. The topological polar surface area (TPSA) is 35.5 Å². The molecule has 0 spiro atoms. The van der Waals surface area contributed by atoms with Gasteiger partial charge < -0.3 is 9.47 Å². The van der Waals surface area contributed by atoms with E-state index in [4.69, 9.17) is 21.1 Å². The summed E-state index contributed by atoms with van der Waals surface area (Å²) in [6.45, 7) is 0. The minimum atomic E-state index is -4.65. The maximum atomic E-state index is 12.9. The van der Waals surface area contributed by atoms with Gasteiger partial charge in [-0.2, -0.15) is 13.2 Å². The number of methoxy groups -OCH3 is 1. The number of aldehydes is 1. The molecule has 0 aliphatic rings. The van der Waals surface area contributed by atoms with Crippen LogP contribution in [0.4, 0.5) is 13.2 Å². The van der Waals surface area contributed by atoms with Crippen molar-refractivity contribution in [3.63, 3.8) is 0 Å². The summed E-state index contributed by atoms with van der Waals surface area (Å²) in [5.41, 5.74) is -1.65. The number of halogens is 4. The molecule has 0 unspecified atom stereocenters. The van der Waals surface area contributed by atoms with Crippen molar-refractivity contribution in [2.75, 3.05) is 7.11 Å². The van der Waals surface area contributed by atoms with Crippen molar-refractivity contribution in [2.45, 2.75) is 6.18 Å². The summed E-state index contributed by atoms with van der Waals surface area (Å²) in [6.07, 6.45) is -4.55. The van der Waals surface area contributed by atoms with Crippen LogP contribution in [0.2, 0.25) is 5.02 Å². The van der Waals surface area contributed by atoms with Crippen LogP contribution in [0, 0.1) is 0 Å². The van der Waals surface area contributed by atoms with Crippen LogP contribution in [0.3, 0.4) is 0 Å².